The van der Waals surface area contributed by atoms with Gasteiger partial charge >= 0.3 is 12.1 Å². The molecule has 7 nitrogen and oxygen atoms in total. The average Bonchev–Trinajstić information content (AvgIpc) is 3.09. The van der Waals surface area contributed by atoms with Crippen LogP contribution in [0.4, 0.5) is 4.79 Å². The van der Waals surface area contributed by atoms with Gasteiger partial charge in [0, 0.05) is 18.9 Å². The summed E-state index contributed by atoms with van der Waals surface area (Å²) in [5.41, 5.74) is 4.60. The Balaban J connectivity index is 1.33. The Kier molecular flexibility index (Phi) is 7.50. The van der Waals surface area contributed by atoms with Crippen molar-refractivity contribution in [1.82, 2.24) is 10.6 Å². The summed E-state index contributed by atoms with van der Waals surface area (Å²) in [7, 11) is 0. The molecule has 1 fully saturated rings. The molecular formula is C27H32N2O5. The first-order valence-corrected chi connectivity index (χ1v) is 12.0. The fourth-order valence-corrected chi connectivity index (χ4v) is 4.89. The van der Waals surface area contributed by atoms with Crippen molar-refractivity contribution in [3.05, 3.63) is 59.7 Å². The summed E-state index contributed by atoms with van der Waals surface area (Å²) in [6.07, 6.45) is 2.86. The lowest BCUT2D eigenvalue weighted by molar-refractivity contribution is -0.138. The number of benzene rings is 2. The van der Waals surface area contributed by atoms with Gasteiger partial charge in [-0.3, -0.25) is 9.59 Å². The first-order chi connectivity index (χ1) is 16.4. The van der Waals surface area contributed by atoms with Crippen LogP contribution in [0, 0.1) is 11.8 Å². The van der Waals surface area contributed by atoms with Gasteiger partial charge < -0.3 is 20.5 Å². The smallest absolute Gasteiger partial charge is 0.407 e. The summed E-state index contributed by atoms with van der Waals surface area (Å²) in [4.78, 5) is 36.3. The third-order valence-electron chi connectivity index (χ3n) is 6.98. The number of rotatable bonds is 10. The second kappa shape index (κ2) is 10.7. The summed E-state index contributed by atoms with van der Waals surface area (Å²) in [5.74, 6) is -1.05. The van der Waals surface area contributed by atoms with Crippen LogP contribution in [0.15, 0.2) is 48.5 Å². The number of alkyl carbamates (subject to hydrolysis) is 1. The van der Waals surface area contributed by atoms with Crippen LogP contribution < -0.4 is 10.6 Å². The Labute approximate surface area is 199 Å². The molecule has 2 aliphatic rings. The second-order valence-corrected chi connectivity index (χ2v) is 9.42. The normalized spacial score (nSPS) is 16.5. The van der Waals surface area contributed by atoms with E-state index in [0.717, 1.165) is 41.5 Å². The number of carboxylic acids is 1. The molecule has 2 atom stereocenters. The molecule has 2 unspecified atom stereocenters. The zero-order valence-electron chi connectivity index (χ0n) is 19.5. The molecule has 0 spiro atoms. The monoisotopic (exact) mass is 464 g/mol. The van der Waals surface area contributed by atoms with Gasteiger partial charge in [-0.25, -0.2) is 4.79 Å². The van der Waals surface area contributed by atoms with Crippen molar-refractivity contribution in [3.63, 3.8) is 0 Å². The maximum Gasteiger partial charge on any atom is 0.407 e. The molecule has 2 aliphatic carbocycles. The van der Waals surface area contributed by atoms with Gasteiger partial charge in [-0.2, -0.15) is 0 Å². The summed E-state index contributed by atoms with van der Waals surface area (Å²) < 4.78 is 5.63. The van der Waals surface area contributed by atoms with Crippen LogP contribution in [0.1, 0.15) is 56.1 Å². The largest absolute Gasteiger partial charge is 0.481 e. The topological polar surface area (TPSA) is 105 Å². The Morgan fingerprint density at radius 2 is 1.65 bits per heavy atom. The number of ether oxygens (including phenoxy) is 1. The average molecular weight is 465 g/mol. The van der Waals surface area contributed by atoms with Crippen LogP contribution in [-0.2, 0) is 14.3 Å². The van der Waals surface area contributed by atoms with E-state index < -0.39 is 18.1 Å². The molecule has 0 heterocycles. The Morgan fingerprint density at radius 3 is 2.21 bits per heavy atom. The van der Waals surface area contributed by atoms with Gasteiger partial charge in [-0.15, -0.1) is 0 Å². The maximum atomic E-state index is 12.8. The number of carboxylic acid groups (broad SMARTS) is 1. The minimum atomic E-state index is -0.844. The molecule has 4 rings (SSSR count). The van der Waals surface area contributed by atoms with Crippen molar-refractivity contribution in [2.75, 3.05) is 13.2 Å². The summed E-state index contributed by atoms with van der Waals surface area (Å²) in [5, 5.41) is 14.5. The van der Waals surface area contributed by atoms with Crippen LogP contribution in [0.5, 0.6) is 0 Å². The molecule has 2 aromatic carbocycles. The standard InChI is InChI=1S/C27H32N2O5/c1-17(15-24(30)31)13-14-28-26(32)25(18-7-6-8-18)29-27(33)34-16-23-21-11-4-2-9-19(21)20-10-3-5-12-22(20)23/h2-5,9-12,17-18,23,25H,6-8,13-16H2,1H3,(H,28,32)(H,29,33)(H,30,31). The molecule has 2 aromatic rings. The van der Waals surface area contributed by atoms with Crippen molar-refractivity contribution in [2.45, 2.75) is 51.0 Å². The molecular weight excluding hydrogens is 432 g/mol. The number of nitrogens with one attached hydrogen (secondary N) is 2. The number of carbonyl (C=O) groups excluding carboxylic acids is 2. The van der Waals surface area contributed by atoms with Crippen molar-refractivity contribution < 1.29 is 24.2 Å². The molecule has 0 radical (unpaired) electrons. The van der Waals surface area contributed by atoms with Gasteiger partial charge in [-0.1, -0.05) is 61.9 Å². The highest BCUT2D eigenvalue weighted by Crippen LogP contribution is 2.44. The number of hydrogen-bond donors (Lipinski definition) is 3. The van der Waals surface area contributed by atoms with Gasteiger partial charge in [0.15, 0.2) is 0 Å². The van der Waals surface area contributed by atoms with Crippen LogP contribution in [-0.4, -0.2) is 42.3 Å². The lowest BCUT2D eigenvalue weighted by atomic mass is 9.79. The molecule has 0 bridgehead atoms. The van der Waals surface area contributed by atoms with Gasteiger partial charge in [0.05, 0.1) is 0 Å². The second-order valence-electron chi connectivity index (χ2n) is 9.42. The molecule has 0 aromatic heterocycles. The van der Waals surface area contributed by atoms with Crippen molar-refractivity contribution >= 4 is 18.0 Å². The Morgan fingerprint density at radius 1 is 1.03 bits per heavy atom. The fourth-order valence-electron chi connectivity index (χ4n) is 4.89. The minimum Gasteiger partial charge on any atom is -0.481 e. The predicted molar refractivity (Wildman–Crippen MR) is 128 cm³/mol. The maximum absolute atomic E-state index is 12.8. The molecule has 2 amide bonds. The van der Waals surface area contributed by atoms with E-state index in [1.807, 2.05) is 31.2 Å². The van der Waals surface area contributed by atoms with Crippen LogP contribution >= 0.6 is 0 Å². The van der Waals surface area contributed by atoms with Gasteiger partial charge in [0.2, 0.25) is 5.91 Å². The number of amides is 2. The molecule has 7 heteroatoms. The van der Waals surface area contributed by atoms with Crippen LogP contribution in [0.3, 0.4) is 0 Å². The van der Waals surface area contributed by atoms with Gasteiger partial charge in [-0.05, 0) is 53.4 Å². The quantitative estimate of drug-likeness (QED) is 0.486. The highest BCUT2D eigenvalue weighted by molar-refractivity contribution is 5.86. The third kappa shape index (κ3) is 5.41. The van der Waals surface area contributed by atoms with Gasteiger partial charge in [0.25, 0.3) is 0 Å². The van der Waals surface area contributed by atoms with E-state index in [-0.39, 0.29) is 36.7 Å². The zero-order chi connectivity index (χ0) is 24.1. The molecule has 34 heavy (non-hydrogen) atoms. The fraction of sp³-hybridized carbons (Fsp3) is 0.444. The number of fused-ring (bicyclic) bond motifs is 3. The van der Waals surface area contributed by atoms with Crippen molar-refractivity contribution in [1.29, 1.82) is 0 Å². The highest BCUT2D eigenvalue weighted by Gasteiger charge is 2.35. The van der Waals surface area contributed by atoms with Crippen molar-refractivity contribution in [2.24, 2.45) is 11.8 Å². The van der Waals surface area contributed by atoms with E-state index in [1.54, 1.807) is 0 Å². The molecule has 180 valence electrons. The van der Waals surface area contributed by atoms with Crippen LogP contribution in [0.2, 0.25) is 0 Å². The third-order valence-corrected chi connectivity index (χ3v) is 6.98. The van der Waals surface area contributed by atoms with Crippen LogP contribution in [0.25, 0.3) is 11.1 Å². The summed E-state index contributed by atoms with van der Waals surface area (Å²) in [6, 6.07) is 15.7. The predicted octanol–water partition coefficient (Wildman–Crippen LogP) is 4.31. The van der Waals surface area contributed by atoms with E-state index in [4.69, 9.17) is 9.84 Å². The summed E-state index contributed by atoms with van der Waals surface area (Å²) in [6.45, 7) is 2.42. The molecule has 1 saturated carbocycles. The highest BCUT2D eigenvalue weighted by atomic mass is 16.5. The minimum absolute atomic E-state index is 0.0324. The zero-order valence-corrected chi connectivity index (χ0v) is 19.5. The van der Waals surface area contributed by atoms with Crippen molar-refractivity contribution in [3.8, 4) is 11.1 Å². The van der Waals surface area contributed by atoms with Gasteiger partial charge in [0.1, 0.15) is 12.6 Å². The first-order valence-electron chi connectivity index (χ1n) is 12.0. The van der Waals surface area contributed by atoms with E-state index in [2.05, 4.69) is 34.9 Å². The van der Waals surface area contributed by atoms with E-state index >= 15 is 0 Å². The van der Waals surface area contributed by atoms with E-state index in [1.165, 1.54) is 0 Å². The number of hydrogen-bond acceptors (Lipinski definition) is 4. The number of carbonyl (C=O) groups is 3. The summed E-state index contributed by atoms with van der Waals surface area (Å²) >= 11 is 0. The number of aliphatic carboxylic acids is 1. The Hall–Kier alpha value is -3.35. The SMILES string of the molecule is CC(CCNC(=O)C(NC(=O)OCC1c2ccccc2-c2ccccc21)C1CCC1)CC(=O)O. The molecule has 3 N–H and O–H groups in total. The molecule has 0 aliphatic heterocycles. The van der Waals surface area contributed by atoms with E-state index in [0.29, 0.717) is 13.0 Å². The Bertz CT molecular complexity index is 1000. The lowest BCUT2D eigenvalue weighted by Crippen LogP contribution is -2.53. The first kappa shape index (κ1) is 23.8. The lowest BCUT2D eigenvalue weighted by Gasteiger charge is -2.33. The van der Waals surface area contributed by atoms with E-state index in [9.17, 15) is 14.4 Å². The molecule has 0 saturated heterocycles.